The van der Waals surface area contributed by atoms with Crippen molar-refractivity contribution in [3.05, 3.63) is 41.7 Å². The molecule has 0 bridgehead atoms. The molecular formula is C18H23N3O2. The summed E-state index contributed by atoms with van der Waals surface area (Å²) in [6.45, 7) is 5.27. The van der Waals surface area contributed by atoms with Crippen molar-refractivity contribution in [2.24, 2.45) is 11.7 Å². The summed E-state index contributed by atoms with van der Waals surface area (Å²) in [5, 5.41) is 4.11. The van der Waals surface area contributed by atoms with E-state index >= 15 is 0 Å². The lowest BCUT2D eigenvalue weighted by Crippen LogP contribution is -2.45. The Balaban J connectivity index is 1.90. The molecule has 1 amide bonds. The number of piperidine rings is 1. The maximum atomic E-state index is 13.0. The summed E-state index contributed by atoms with van der Waals surface area (Å²) >= 11 is 0. The molecule has 3 rings (SSSR count). The molecule has 23 heavy (non-hydrogen) atoms. The molecule has 1 aromatic carbocycles. The van der Waals surface area contributed by atoms with Crippen LogP contribution in [0.25, 0.3) is 11.3 Å². The van der Waals surface area contributed by atoms with E-state index in [0.29, 0.717) is 29.5 Å². The van der Waals surface area contributed by atoms with Crippen LogP contribution in [0.4, 0.5) is 0 Å². The van der Waals surface area contributed by atoms with Gasteiger partial charge in [0.2, 0.25) is 0 Å². The summed E-state index contributed by atoms with van der Waals surface area (Å²) in [5.41, 5.74) is 8.12. The summed E-state index contributed by atoms with van der Waals surface area (Å²) in [5.74, 6) is 0.915. The van der Waals surface area contributed by atoms with Crippen molar-refractivity contribution >= 4 is 5.91 Å². The number of nitrogens with zero attached hydrogens (tertiary/aromatic N) is 2. The van der Waals surface area contributed by atoms with Crippen LogP contribution < -0.4 is 5.73 Å². The van der Waals surface area contributed by atoms with Gasteiger partial charge in [-0.05, 0) is 32.6 Å². The number of aromatic nitrogens is 1. The van der Waals surface area contributed by atoms with Gasteiger partial charge in [0, 0.05) is 24.7 Å². The quantitative estimate of drug-likeness (QED) is 0.945. The second-order valence-corrected chi connectivity index (χ2v) is 6.34. The molecule has 1 aliphatic rings. The van der Waals surface area contributed by atoms with E-state index in [9.17, 15) is 4.79 Å². The van der Waals surface area contributed by atoms with Gasteiger partial charge in [0.05, 0.1) is 0 Å². The molecule has 0 spiro atoms. The number of aryl methyl sites for hydroxylation is 1. The molecule has 1 saturated heterocycles. The van der Waals surface area contributed by atoms with Crippen LogP contribution in [0, 0.1) is 12.8 Å². The fourth-order valence-electron chi connectivity index (χ4n) is 3.20. The highest BCUT2D eigenvalue weighted by Crippen LogP contribution is 2.28. The van der Waals surface area contributed by atoms with Crippen LogP contribution in [-0.2, 0) is 0 Å². The Labute approximate surface area is 136 Å². The molecule has 1 fully saturated rings. The summed E-state index contributed by atoms with van der Waals surface area (Å²) in [6, 6.07) is 9.78. The minimum absolute atomic E-state index is 0.00652. The molecule has 0 saturated carbocycles. The van der Waals surface area contributed by atoms with Gasteiger partial charge in [-0.15, -0.1) is 0 Å². The van der Waals surface area contributed by atoms with Gasteiger partial charge in [-0.2, -0.15) is 0 Å². The van der Waals surface area contributed by atoms with Crippen LogP contribution in [0.2, 0.25) is 0 Å². The van der Waals surface area contributed by atoms with Gasteiger partial charge in [0.15, 0.2) is 0 Å². The normalized spacial score (nSPS) is 19.6. The van der Waals surface area contributed by atoms with Crippen molar-refractivity contribution in [1.82, 2.24) is 10.1 Å². The van der Waals surface area contributed by atoms with E-state index in [4.69, 9.17) is 10.3 Å². The molecule has 2 N–H and O–H groups in total. The molecule has 122 valence electrons. The molecule has 2 heterocycles. The standard InChI is InChI=1S/C18H23N3O2/c1-12(19)15-9-6-10-21(11-15)18(22)16-13(2)23-20-17(16)14-7-4-3-5-8-14/h3-5,7-8,12,15H,6,9-11,19H2,1-2H3. The van der Waals surface area contributed by atoms with Crippen molar-refractivity contribution in [1.29, 1.82) is 0 Å². The largest absolute Gasteiger partial charge is 0.360 e. The monoisotopic (exact) mass is 313 g/mol. The van der Waals surface area contributed by atoms with E-state index in [1.165, 1.54) is 0 Å². The SMILES string of the molecule is Cc1onc(-c2ccccc2)c1C(=O)N1CCCC(C(C)N)C1. The summed E-state index contributed by atoms with van der Waals surface area (Å²) in [7, 11) is 0. The van der Waals surface area contributed by atoms with E-state index in [1.54, 1.807) is 6.92 Å². The first-order chi connectivity index (χ1) is 11.1. The Morgan fingerprint density at radius 3 is 2.83 bits per heavy atom. The number of benzene rings is 1. The zero-order valence-corrected chi connectivity index (χ0v) is 13.7. The van der Waals surface area contributed by atoms with Crippen molar-refractivity contribution < 1.29 is 9.32 Å². The molecule has 2 unspecified atom stereocenters. The lowest BCUT2D eigenvalue weighted by molar-refractivity contribution is 0.0660. The van der Waals surface area contributed by atoms with Crippen LogP contribution in [0.1, 0.15) is 35.9 Å². The molecule has 1 aromatic heterocycles. The van der Waals surface area contributed by atoms with E-state index in [0.717, 1.165) is 24.9 Å². The Hall–Kier alpha value is -2.14. The summed E-state index contributed by atoms with van der Waals surface area (Å²) in [4.78, 5) is 14.9. The van der Waals surface area contributed by atoms with Gasteiger partial charge in [-0.1, -0.05) is 35.5 Å². The first-order valence-electron chi connectivity index (χ1n) is 8.14. The maximum Gasteiger partial charge on any atom is 0.259 e. The third-order valence-electron chi connectivity index (χ3n) is 4.61. The van der Waals surface area contributed by atoms with Gasteiger partial charge >= 0.3 is 0 Å². The third kappa shape index (κ3) is 3.15. The van der Waals surface area contributed by atoms with Gasteiger partial charge < -0.3 is 15.2 Å². The Kier molecular flexibility index (Phi) is 4.48. The number of hydrogen-bond donors (Lipinski definition) is 1. The molecular weight excluding hydrogens is 290 g/mol. The van der Waals surface area contributed by atoms with Crippen molar-refractivity contribution in [2.75, 3.05) is 13.1 Å². The predicted molar refractivity (Wildman–Crippen MR) is 89.0 cm³/mol. The number of carbonyl (C=O) groups excluding carboxylic acids is 1. The van der Waals surface area contributed by atoms with Gasteiger partial charge in [-0.25, -0.2) is 0 Å². The smallest absolute Gasteiger partial charge is 0.259 e. The predicted octanol–water partition coefficient (Wildman–Crippen LogP) is 2.85. The maximum absolute atomic E-state index is 13.0. The zero-order chi connectivity index (χ0) is 16.4. The summed E-state index contributed by atoms with van der Waals surface area (Å²) < 4.78 is 5.31. The van der Waals surface area contributed by atoms with E-state index in [1.807, 2.05) is 42.2 Å². The number of amides is 1. The first kappa shape index (κ1) is 15.7. The van der Waals surface area contributed by atoms with Gasteiger partial charge in [-0.3, -0.25) is 4.79 Å². The van der Waals surface area contributed by atoms with Crippen molar-refractivity contribution in [2.45, 2.75) is 32.7 Å². The Bertz CT molecular complexity index is 679. The van der Waals surface area contributed by atoms with Crippen LogP contribution in [0.3, 0.4) is 0 Å². The van der Waals surface area contributed by atoms with Crippen LogP contribution in [0.5, 0.6) is 0 Å². The third-order valence-corrected chi connectivity index (χ3v) is 4.61. The second kappa shape index (κ2) is 6.54. The zero-order valence-electron chi connectivity index (χ0n) is 13.7. The number of nitrogens with two attached hydrogens (primary N) is 1. The molecule has 0 radical (unpaired) electrons. The van der Waals surface area contributed by atoms with Crippen LogP contribution in [0.15, 0.2) is 34.9 Å². The molecule has 5 heteroatoms. The van der Waals surface area contributed by atoms with Crippen LogP contribution >= 0.6 is 0 Å². The number of likely N-dealkylation sites (tertiary alicyclic amines) is 1. The molecule has 1 aliphatic heterocycles. The van der Waals surface area contributed by atoms with E-state index in [2.05, 4.69) is 5.16 Å². The Morgan fingerprint density at radius 2 is 2.13 bits per heavy atom. The number of hydrogen-bond acceptors (Lipinski definition) is 4. The van der Waals surface area contributed by atoms with Crippen LogP contribution in [-0.4, -0.2) is 35.1 Å². The number of carbonyl (C=O) groups is 1. The fraction of sp³-hybridized carbons (Fsp3) is 0.444. The van der Waals surface area contributed by atoms with Crippen molar-refractivity contribution in [3.8, 4) is 11.3 Å². The minimum atomic E-state index is -0.00652. The highest BCUT2D eigenvalue weighted by atomic mass is 16.5. The average Bonchev–Trinajstić information content (AvgIpc) is 2.96. The van der Waals surface area contributed by atoms with Gasteiger partial charge in [0.1, 0.15) is 17.0 Å². The molecule has 5 nitrogen and oxygen atoms in total. The van der Waals surface area contributed by atoms with Crippen molar-refractivity contribution in [3.63, 3.8) is 0 Å². The minimum Gasteiger partial charge on any atom is -0.360 e. The number of rotatable bonds is 3. The van der Waals surface area contributed by atoms with E-state index < -0.39 is 0 Å². The molecule has 0 aliphatic carbocycles. The molecule has 2 aromatic rings. The lowest BCUT2D eigenvalue weighted by Gasteiger charge is -2.34. The second-order valence-electron chi connectivity index (χ2n) is 6.34. The van der Waals surface area contributed by atoms with E-state index in [-0.39, 0.29) is 11.9 Å². The topological polar surface area (TPSA) is 72.4 Å². The molecule has 2 atom stereocenters. The fourth-order valence-corrected chi connectivity index (χ4v) is 3.20. The average molecular weight is 313 g/mol. The lowest BCUT2D eigenvalue weighted by atomic mass is 9.91. The first-order valence-corrected chi connectivity index (χ1v) is 8.14. The highest BCUT2D eigenvalue weighted by Gasteiger charge is 2.30. The summed E-state index contributed by atoms with van der Waals surface area (Å²) in [6.07, 6.45) is 2.07. The highest BCUT2D eigenvalue weighted by molar-refractivity contribution is 6.00. The van der Waals surface area contributed by atoms with Gasteiger partial charge in [0.25, 0.3) is 5.91 Å². The Morgan fingerprint density at radius 1 is 1.39 bits per heavy atom.